The Morgan fingerprint density at radius 3 is 2.53 bits per heavy atom. The largest absolute Gasteiger partial charge is 0.496 e. The smallest absolute Gasteiger partial charge is 0.226 e. The monoisotopic (exact) mass is 237 g/mol. The van der Waals surface area contributed by atoms with Crippen LogP contribution in [0.25, 0.3) is 0 Å². The van der Waals surface area contributed by atoms with E-state index in [0.717, 1.165) is 28.1 Å². The van der Waals surface area contributed by atoms with E-state index in [1.54, 1.807) is 7.11 Å². The van der Waals surface area contributed by atoms with Crippen LogP contribution in [-0.4, -0.2) is 24.7 Å². The number of hydrogen-bond acceptors (Lipinski definition) is 3. The van der Waals surface area contributed by atoms with E-state index in [2.05, 4.69) is 5.32 Å². The number of methoxy groups -OCH3 is 1. The van der Waals surface area contributed by atoms with Gasteiger partial charge in [-0.1, -0.05) is 0 Å². The number of ether oxygens (including phenoxy) is 1. The summed E-state index contributed by atoms with van der Waals surface area (Å²) in [6, 6.07) is 1.90. The summed E-state index contributed by atoms with van der Waals surface area (Å²) in [7, 11) is 1.63. The van der Waals surface area contributed by atoms with Crippen LogP contribution in [-0.2, 0) is 4.79 Å². The highest BCUT2D eigenvalue weighted by molar-refractivity contribution is 5.92. The van der Waals surface area contributed by atoms with Gasteiger partial charge in [-0.25, -0.2) is 0 Å². The zero-order valence-electron chi connectivity index (χ0n) is 10.8. The maximum Gasteiger partial charge on any atom is 0.226 e. The topological polar surface area (TPSA) is 58.6 Å². The molecule has 0 bridgehead atoms. The molecular formula is C13H19NO3. The normalized spacial score (nSPS) is 10.2. The molecule has 0 aliphatic rings. The van der Waals surface area contributed by atoms with Crippen LogP contribution in [0, 0.1) is 20.8 Å². The van der Waals surface area contributed by atoms with Crippen LogP contribution < -0.4 is 10.1 Å². The third-order valence-corrected chi connectivity index (χ3v) is 2.87. The quantitative estimate of drug-likeness (QED) is 0.841. The summed E-state index contributed by atoms with van der Waals surface area (Å²) in [4.78, 5) is 11.5. The molecule has 0 aromatic heterocycles. The van der Waals surface area contributed by atoms with Crippen molar-refractivity contribution in [3.05, 3.63) is 22.8 Å². The number of nitrogens with one attached hydrogen (secondary N) is 1. The van der Waals surface area contributed by atoms with E-state index >= 15 is 0 Å². The molecule has 4 nitrogen and oxygen atoms in total. The van der Waals surface area contributed by atoms with E-state index in [0.29, 0.717) is 0 Å². The average molecular weight is 237 g/mol. The molecule has 2 N–H and O–H groups in total. The number of amides is 1. The van der Waals surface area contributed by atoms with E-state index in [1.807, 2.05) is 26.8 Å². The fourth-order valence-corrected chi connectivity index (χ4v) is 1.75. The van der Waals surface area contributed by atoms with Crippen molar-refractivity contribution in [1.29, 1.82) is 0 Å². The first kappa shape index (κ1) is 13.5. The summed E-state index contributed by atoms with van der Waals surface area (Å²) in [5, 5.41) is 11.5. The number of aryl methyl sites for hydroxylation is 1. The fourth-order valence-electron chi connectivity index (χ4n) is 1.75. The summed E-state index contributed by atoms with van der Waals surface area (Å²) >= 11 is 0. The van der Waals surface area contributed by atoms with Crippen molar-refractivity contribution < 1.29 is 14.6 Å². The van der Waals surface area contributed by atoms with E-state index in [4.69, 9.17) is 9.84 Å². The number of aliphatic hydroxyl groups is 1. The summed E-state index contributed by atoms with van der Waals surface area (Å²) in [5.41, 5.74) is 3.77. The maximum absolute atomic E-state index is 11.5. The average Bonchev–Trinajstić information content (AvgIpc) is 2.29. The molecule has 4 heteroatoms. The molecule has 17 heavy (non-hydrogen) atoms. The van der Waals surface area contributed by atoms with E-state index in [1.165, 1.54) is 0 Å². The van der Waals surface area contributed by atoms with Crippen molar-refractivity contribution in [2.45, 2.75) is 27.2 Å². The molecular weight excluding hydrogens is 218 g/mol. The molecule has 0 aliphatic carbocycles. The van der Waals surface area contributed by atoms with Crippen LogP contribution in [0.15, 0.2) is 6.07 Å². The molecule has 0 fully saturated rings. The van der Waals surface area contributed by atoms with Gasteiger partial charge in [0.15, 0.2) is 0 Å². The van der Waals surface area contributed by atoms with E-state index in [9.17, 15) is 4.79 Å². The molecule has 0 unspecified atom stereocenters. The Hall–Kier alpha value is -1.55. The van der Waals surface area contributed by atoms with Gasteiger partial charge >= 0.3 is 0 Å². The van der Waals surface area contributed by atoms with Crippen LogP contribution in [0.3, 0.4) is 0 Å². The second-order valence-corrected chi connectivity index (χ2v) is 4.04. The first-order valence-corrected chi connectivity index (χ1v) is 5.56. The lowest BCUT2D eigenvalue weighted by Crippen LogP contribution is -2.15. The Morgan fingerprint density at radius 2 is 2.00 bits per heavy atom. The SMILES string of the molecule is COc1cc(C)c(NC(=O)CCO)c(C)c1C. The van der Waals surface area contributed by atoms with Crippen molar-refractivity contribution in [2.75, 3.05) is 19.0 Å². The minimum Gasteiger partial charge on any atom is -0.496 e. The molecule has 0 aliphatic heterocycles. The fraction of sp³-hybridized carbons (Fsp3) is 0.462. The zero-order chi connectivity index (χ0) is 13.0. The van der Waals surface area contributed by atoms with Crippen LogP contribution >= 0.6 is 0 Å². The van der Waals surface area contributed by atoms with Crippen molar-refractivity contribution in [3.8, 4) is 5.75 Å². The Kier molecular flexibility index (Phi) is 4.52. The number of carbonyl (C=O) groups excluding carboxylic acids is 1. The van der Waals surface area contributed by atoms with Crippen molar-refractivity contribution in [1.82, 2.24) is 0 Å². The highest BCUT2D eigenvalue weighted by Crippen LogP contribution is 2.31. The Balaban J connectivity index is 3.08. The van der Waals surface area contributed by atoms with Gasteiger partial charge in [-0.2, -0.15) is 0 Å². The first-order valence-electron chi connectivity index (χ1n) is 5.56. The molecule has 0 radical (unpaired) electrons. The molecule has 0 heterocycles. The number of rotatable bonds is 4. The van der Waals surface area contributed by atoms with Crippen molar-refractivity contribution in [3.63, 3.8) is 0 Å². The van der Waals surface area contributed by atoms with Gasteiger partial charge in [0.2, 0.25) is 5.91 Å². The van der Waals surface area contributed by atoms with Gasteiger partial charge in [0.05, 0.1) is 20.1 Å². The minimum absolute atomic E-state index is 0.115. The van der Waals surface area contributed by atoms with Gasteiger partial charge in [-0.05, 0) is 43.5 Å². The first-order chi connectivity index (χ1) is 8.01. The lowest BCUT2D eigenvalue weighted by molar-refractivity contribution is -0.116. The van der Waals surface area contributed by atoms with Gasteiger partial charge in [0.25, 0.3) is 0 Å². The van der Waals surface area contributed by atoms with Gasteiger partial charge in [-0.3, -0.25) is 4.79 Å². The number of carbonyl (C=O) groups is 1. The van der Waals surface area contributed by atoms with Crippen LogP contribution in [0.5, 0.6) is 5.75 Å². The van der Waals surface area contributed by atoms with Gasteiger partial charge in [0, 0.05) is 5.69 Å². The second-order valence-electron chi connectivity index (χ2n) is 4.04. The molecule has 1 aromatic rings. The summed E-state index contributed by atoms with van der Waals surface area (Å²) < 4.78 is 5.26. The molecule has 1 aromatic carbocycles. The third kappa shape index (κ3) is 2.97. The van der Waals surface area contributed by atoms with E-state index < -0.39 is 0 Å². The number of benzene rings is 1. The highest BCUT2D eigenvalue weighted by Gasteiger charge is 2.12. The third-order valence-electron chi connectivity index (χ3n) is 2.87. The van der Waals surface area contributed by atoms with Crippen molar-refractivity contribution in [2.24, 2.45) is 0 Å². The zero-order valence-corrected chi connectivity index (χ0v) is 10.8. The molecule has 0 spiro atoms. The molecule has 0 saturated heterocycles. The highest BCUT2D eigenvalue weighted by atomic mass is 16.5. The molecule has 1 rings (SSSR count). The van der Waals surface area contributed by atoms with E-state index in [-0.39, 0.29) is 18.9 Å². The number of hydrogen-bond donors (Lipinski definition) is 2. The Labute approximate surface area is 102 Å². The lowest BCUT2D eigenvalue weighted by atomic mass is 10.0. The van der Waals surface area contributed by atoms with Gasteiger partial charge in [-0.15, -0.1) is 0 Å². The molecule has 94 valence electrons. The van der Waals surface area contributed by atoms with Crippen LogP contribution in [0.2, 0.25) is 0 Å². The second kappa shape index (κ2) is 5.68. The summed E-state index contributed by atoms with van der Waals surface area (Å²) in [6.07, 6.45) is 0.115. The number of anilines is 1. The Bertz CT molecular complexity index is 427. The predicted molar refractivity (Wildman–Crippen MR) is 67.5 cm³/mol. The standard InChI is InChI=1S/C13H19NO3/c1-8-7-11(17-4)9(2)10(3)13(8)14-12(16)5-6-15/h7,15H,5-6H2,1-4H3,(H,14,16). The lowest BCUT2D eigenvalue weighted by Gasteiger charge is -2.16. The Morgan fingerprint density at radius 1 is 1.35 bits per heavy atom. The van der Waals surface area contributed by atoms with Crippen LogP contribution in [0.4, 0.5) is 5.69 Å². The minimum atomic E-state index is -0.178. The summed E-state index contributed by atoms with van der Waals surface area (Å²) in [5.74, 6) is 0.642. The predicted octanol–water partition coefficient (Wildman–Crippen LogP) is 1.94. The number of aliphatic hydroxyl groups excluding tert-OH is 1. The van der Waals surface area contributed by atoms with Gasteiger partial charge in [0.1, 0.15) is 5.75 Å². The molecule has 0 saturated carbocycles. The summed E-state index contributed by atoms with van der Waals surface area (Å²) in [6.45, 7) is 5.68. The van der Waals surface area contributed by atoms with Gasteiger partial charge < -0.3 is 15.2 Å². The maximum atomic E-state index is 11.5. The van der Waals surface area contributed by atoms with Crippen molar-refractivity contribution >= 4 is 11.6 Å². The molecule has 0 atom stereocenters. The molecule has 1 amide bonds. The van der Waals surface area contributed by atoms with Crippen LogP contribution in [0.1, 0.15) is 23.1 Å².